The molecule has 1 aliphatic heterocycles. The van der Waals surface area contributed by atoms with Gasteiger partial charge in [0.05, 0.1) is 6.54 Å². The number of hydrogen-bond donors (Lipinski definition) is 2. The maximum atomic E-state index is 13.8. The van der Waals surface area contributed by atoms with E-state index < -0.39 is 47.3 Å². The third-order valence-electron chi connectivity index (χ3n) is 4.31. The van der Waals surface area contributed by atoms with Gasteiger partial charge in [-0.3, -0.25) is 9.59 Å². The average molecular weight is 377 g/mol. The van der Waals surface area contributed by atoms with Gasteiger partial charge in [-0.1, -0.05) is 12.1 Å². The molecule has 3 rings (SSSR count). The summed E-state index contributed by atoms with van der Waals surface area (Å²) >= 11 is 0. The van der Waals surface area contributed by atoms with Crippen LogP contribution in [0.25, 0.3) is 0 Å². The van der Waals surface area contributed by atoms with Crippen LogP contribution in [-0.2, 0) is 16.9 Å². The van der Waals surface area contributed by atoms with Crippen LogP contribution in [0, 0.1) is 18.6 Å². The van der Waals surface area contributed by atoms with Crippen LogP contribution in [0.1, 0.15) is 11.1 Å². The van der Waals surface area contributed by atoms with Gasteiger partial charge in [-0.15, -0.1) is 0 Å². The fraction of sp³-hybridized carbons (Fsp3) is 0.176. The number of benzene rings is 1. The minimum Gasteiger partial charge on any atom is -0.464 e. The van der Waals surface area contributed by atoms with Gasteiger partial charge < -0.3 is 15.0 Å². The molecule has 0 aliphatic carbocycles. The van der Waals surface area contributed by atoms with Crippen LogP contribution in [0.5, 0.6) is 0 Å². The molecule has 10 heteroatoms. The monoisotopic (exact) mass is 377 g/mol. The smallest absolute Gasteiger partial charge is 0.422 e. The lowest BCUT2D eigenvalue weighted by Gasteiger charge is -2.28. The van der Waals surface area contributed by atoms with Crippen molar-refractivity contribution < 1.29 is 28.3 Å². The Labute approximate surface area is 150 Å². The minimum atomic E-state index is -2.10. The Bertz CT molecular complexity index is 1040. The van der Waals surface area contributed by atoms with Crippen LogP contribution < -0.4 is 10.9 Å². The molecule has 2 aromatic rings. The molecule has 0 saturated carbocycles. The second-order valence-electron chi connectivity index (χ2n) is 6.01. The van der Waals surface area contributed by atoms with Crippen molar-refractivity contribution in [2.45, 2.75) is 19.0 Å². The van der Waals surface area contributed by atoms with Gasteiger partial charge in [0.15, 0.2) is 17.2 Å². The number of carbonyl (C=O) groups is 3. The predicted octanol–water partition coefficient (Wildman–Crippen LogP) is 1.56. The first-order valence-corrected chi connectivity index (χ1v) is 7.68. The van der Waals surface area contributed by atoms with Crippen molar-refractivity contribution in [2.75, 3.05) is 0 Å². The van der Waals surface area contributed by atoms with Gasteiger partial charge >= 0.3 is 12.1 Å². The second-order valence-corrected chi connectivity index (χ2v) is 6.01. The van der Waals surface area contributed by atoms with Crippen molar-refractivity contribution in [1.82, 2.24) is 14.8 Å². The fourth-order valence-electron chi connectivity index (χ4n) is 2.94. The quantitative estimate of drug-likeness (QED) is 0.789. The normalized spacial score (nSPS) is 19.3. The molecule has 4 amide bonds. The fourth-order valence-corrected chi connectivity index (χ4v) is 2.94. The summed E-state index contributed by atoms with van der Waals surface area (Å²) in [7, 11) is 0. The van der Waals surface area contributed by atoms with Gasteiger partial charge in [0.2, 0.25) is 0 Å². The molecular weight excluding hydrogens is 364 g/mol. The maximum Gasteiger partial charge on any atom is 0.422 e. The Hall–Kier alpha value is -3.56. The molecule has 8 nitrogen and oxygen atoms in total. The number of hydrogen-bond acceptors (Lipinski definition) is 4. The summed E-state index contributed by atoms with van der Waals surface area (Å²) < 4.78 is 28.2. The van der Waals surface area contributed by atoms with E-state index in [-0.39, 0.29) is 10.5 Å². The number of nitrogens with one attached hydrogen (secondary N) is 1. The van der Waals surface area contributed by atoms with Crippen molar-refractivity contribution in [2.24, 2.45) is 0 Å². The first-order valence-electron chi connectivity index (χ1n) is 7.68. The van der Waals surface area contributed by atoms with E-state index in [4.69, 9.17) is 5.11 Å². The Morgan fingerprint density at radius 1 is 1.19 bits per heavy atom. The van der Waals surface area contributed by atoms with Crippen LogP contribution in [0.4, 0.5) is 18.4 Å². The number of rotatable bonds is 3. The van der Waals surface area contributed by atoms with Crippen LogP contribution in [0.15, 0.2) is 41.3 Å². The summed E-state index contributed by atoms with van der Waals surface area (Å²) in [5.41, 5.74) is -2.45. The SMILES string of the molecule is Cc1cccn(CC2(c3ccc(F)c(F)c3)NC(=O)N(C(=O)O)C2=O)c1=O. The van der Waals surface area contributed by atoms with Crippen molar-refractivity contribution in [3.05, 3.63) is 69.6 Å². The Morgan fingerprint density at radius 3 is 2.48 bits per heavy atom. The van der Waals surface area contributed by atoms with Crippen LogP contribution in [0.3, 0.4) is 0 Å². The highest BCUT2D eigenvalue weighted by Crippen LogP contribution is 2.32. The van der Waals surface area contributed by atoms with Gasteiger partial charge in [0.25, 0.3) is 11.5 Å². The molecule has 0 spiro atoms. The minimum absolute atomic E-state index is 0.0674. The molecule has 1 aromatic carbocycles. The summed E-state index contributed by atoms with van der Waals surface area (Å²) in [6.07, 6.45) is -0.502. The number of aromatic nitrogens is 1. The summed E-state index contributed by atoms with van der Waals surface area (Å²) in [6.45, 7) is 1.02. The van der Waals surface area contributed by atoms with Crippen LogP contribution in [-0.4, -0.2) is 32.6 Å². The zero-order chi connectivity index (χ0) is 19.9. The molecular formula is C17H13F2N3O5. The molecule has 0 radical (unpaired) electrons. The van der Waals surface area contributed by atoms with E-state index in [1.165, 1.54) is 25.3 Å². The molecule has 2 heterocycles. The molecule has 1 unspecified atom stereocenters. The summed E-state index contributed by atoms with van der Waals surface area (Å²) in [6, 6.07) is 4.27. The third kappa shape index (κ3) is 2.84. The van der Waals surface area contributed by atoms with Crippen LogP contribution in [0.2, 0.25) is 0 Å². The number of pyridine rings is 1. The second kappa shape index (κ2) is 6.31. The van der Waals surface area contributed by atoms with Crippen molar-refractivity contribution >= 4 is 18.0 Å². The number of nitrogens with zero attached hydrogens (tertiary/aromatic N) is 2. The van der Waals surface area contributed by atoms with Gasteiger partial charge in [-0.05, 0) is 30.7 Å². The Kier molecular flexibility index (Phi) is 4.26. The van der Waals surface area contributed by atoms with E-state index in [9.17, 15) is 28.0 Å². The van der Waals surface area contributed by atoms with Crippen molar-refractivity contribution in [1.29, 1.82) is 0 Å². The van der Waals surface area contributed by atoms with E-state index >= 15 is 0 Å². The number of urea groups is 1. The van der Waals surface area contributed by atoms with E-state index in [1.54, 1.807) is 0 Å². The number of aryl methyl sites for hydroxylation is 1. The van der Waals surface area contributed by atoms with Crippen molar-refractivity contribution in [3.63, 3.8) is 0 Å². The first kappa shape index (κ1) is 18.2. The predicted molar refractivity (Wildman–Crippen MR) is 86.9 cm³/mol. The molecule has 1 atom stereocenters. The Morgan fingerprint density at radius 2 is 1.89 bits per heavy atom. The lowest BCUT2D eigenvalue weighted by Crippen LogP contribution is -2.49. The summed E-state index contributed by atoms with van der Waals surface area (Å²) in [5.74, 6) is -3.70. The zero-order valence-electron chi connectivity index (χ0n) is 13.9. The maximum absolute atomic E-state index is 13.8. The standard InChI is InChI=1S/C17H13F2N3O5/c1-9-3-2-6-21(13(9)23)8-17(10-4-5-11(18)12(19)7-10)14(24)22(16(26)27)15(25)20-17/h2-7H,8H2,1H3,(H,20,25)(H,26,27). The number of imide groups is 3. The molecule has 27 heavy (non-hydrogen) atoms. The van der Waals surface area contributed by atoms with Gasteiger partial charge in [0, 0.05) is 11.8 Å². The number of halogens is 2. The van der Waals surface area contributed by atoms with Crippen LogP contribution >= 0.6 is 0 Å². The van der Waals surface area contributed by atoms with Gasteiger partial charge in [0.1, 0.15) is 0 Å². The molecule has 140 valence electrons. The molecule has 1 fully saturated rings. The topological polar surface area (TPSA) is 109 Å². The Balaban J connectivity index is 2.21. The lowest BCUT2D eigenvalue weighted by atomic mass is 9.89. The average Bonchev–Trinajstić information content (AvgIpc) is 2.85. The van der Waals surface area contributed by atoms with E-state index in [0.717, 1.165) is 16.7 Å². The summed E-state index contributed by atoms with van der Waals surface area (Å²) in [5, 5.41) is 11.4. The highest BCUT2D eigenvalue weighted by atomic mass is 19.2. The van der Waals surface area contributed by atoms with E-state index in [2.05, 4.69) is 5.32 Å². The highest BCUT2D eigenvalue weighted by molar-refractivity contribution is 6.16. The molecule has 1 saturated heterocycles. The number of carbonyl (C=O) groups excluding carboxylic acids is 2. The van der Waals surface area contributed by atoms with Crippen molar-refractivity contribution in [3.8, 4) is 0 Å². The van der Waals surface area contributed by atoms with Gasteiger partial charge in [-0.2, -0.15) is 4.90 Å². The number of amides is 4. The number of carboxylic acid groups (broad SMARTS) is 1. The van der Waals surface area contributed by atoms with Gasteiger partial charge in [-0.25, -0.2) is 18.4 Å². The third-order valence-corrected chi connectivity index (χ3v) is 4.31. The van der Waals surface area contributed by atoms with E-state index in [0.29, 0.717) is 11.6 Å². The molecule has 1 aliphatic rings. The first-order chi connectivity index (χ1) is 12.7. The zero-order valence-corrected chi connectivity index (χ0v) is 13.9. The molecule has 0 bridgehead atoms. The largest absolute Gasteiger partial charge is 0.464 e. The van der Waals surface area contributed by atoms with E-state index in [1.807, 2.05) is 0 Å². The molecule has 2 N–H and O–H groups in total. The molecule has 1 aromatic heterocycles. The summed E-state index contributed by atoms with van der Waals surface area (Å²) in [4.78, 5) is 48.4. The lowest BCUT2D eigenvalue weighted by molar-refractivity contribution is -0.130. The highest BCUT2D eigenvalue weighted by Gasteiger charge is 2.55.